The fraction of sp³-hybridized carbons (Fsp3) is 0.737. The average molecular weight is 440 g/mol. The Balaban J connectivity index is 1.58. The van der Waals surface area contributed by atoms with E-state index in [1.54, 1.807) is 20.8 Å². The lowest BCUT2D eigenvalue weighted by molar-refractivity contribution is -0.153. The standard InChI is InChI=1S/C19H28N4O8/c1-19(2,3)30-17(27)21-9-10-22-13(11-21)14(24)23(16(22)26)31-18(28)20-7-5-12(6-8-20)15(25)29-4/h12-13H,5-11H2,1-4H3. The Kier molecular flexibility index (Phi) is 6.27. The van der Waals surface area contributed by atoms with Gasteiger partial charge >= 0.3 is 24.2 Å². The van der Waals surface area contributed by atoms with E-state index < -0.39 is 35.8 Å². The molecule has 3 heterocycles. The first-order valence-electron chi connectivity index (χ1n) is 10.2. The number of nitrogens with zero attached hydrogens (tertiary/aromatic N) is 4. The molecule has 0 spiro atoms. The number of piperidine rings is 1. The molecule has 0 aromatic carbocycles. The van der Waals surface area contributed by atoms with Gasteiger partial charge in [-0.15, -0.1) is 0 Å². The third kappa shape index (κ3) is 4.83. The molecule has 0 aromatic rings. The minimum atomic E-state index is -0.938. The Morgan fingerprint density at radius 1 is 0.935 bits per heavy atom. The number of methoxy groups -OCH3 is 1. The minimum absolute atomic E-state index is 0.0436. The van der Waals surface area contributed by atoms with Gasteiger partial charge in [-0.25, -0.2) is 14.4 Å². The molecule has 1 atom stereocenters. The first-order valence-corrected chi connectivity index (χ1v) is 10.2. The van der Waals surface area contributed by atoms with Crippen LogP contribution in [0.1, 0.15) is 33.6 Å². The number of ether oxygens (including phenoxy) is 2. The zero-order valence-electron chi connectivity index (χ0n) is 18.2. The molecule has 3 aliphatic rings. The number of fused-ring (bicyclic) bond motifs is 1. The highest BCUT2D eigenvalue weighted by Gasteiger charge is 2.51. The second kappa shape index (κ2) is 8.60. The number of urea groups is 1. The number of hydroxylamine groups is 2. The van der Waals surface area contributed by atoms with Crippen LogP contribution in [-0.2, 0) is 23.9 Å². The zero-order chi connectivity index (χ0) is 22.9. The van der Waals surface area contributed by atoms with E-state index in [4.69, 9.17) is 14.3 Å². The molecule has 3 saturated heterocycles. The van der Waals surface area contributed by atoms with Crippen LogP contribution >= 0.6 is 0 Å². The molecule has 0 saturated carbocycles. The number of hydrogen-bond donors (Lipinski definition) is 0. The largest absolute Gasteiger partial charge is 0.469 e. The highest BCUT2D eigenvalue weighted by molar-refractivity contribution is 6.04. The Labute approximate surface area is 179 Å². The van der Waals surface area contributed by atoms with Crippen LogP contribution in [0.2, 0.25) is 0 Å². The maximum Gasteiger partial charge on any atom is 0.434 e. The first kappa shape index (κ1) is 22.6. The minimum Gasteiger partial charge on any atom is -0.469 e. The third-order valence-electron chi connectivity index (χ3n) is 5.39. The number of piperazine rings is 1. The summed E-state index contributed by atoms with van der Waals surface area (Å²) in [6.07, 6.45) is -0.600. The Hall–Kier alpha value is -3.05. The quantitative estimate of drug-likeness (QED) is 0.456. The van der Waals surface area contributed by atoms with Crippen molar-refractivity contribution in [3.63, 3.8) is 0 Å². The number of carbonyl (C=O) groups is 5. The van der Waals surface area contributed by atoms with Crippen molar-refractivity contribution in [3.8, 4) is 0 Å². The van der Waals surface area contributed by atoms with E-state index in [-0.39, 0.29) is 44.6 Å². The van der Waals surface area contributed by atoms with Crippen molar-refractivity contribution in [2.75, 3.05) is 39.8 Å². The number of amides is 5. The highest BCUT2D eigenvalue weighted by Crippen LogP contribution is 2.25. The summed E-state index contributed by atoms with van der Waals surface area (Å²) in [4.78, 5) is 70.8. The summed E-state index contributed by atoms with van der Waals surface area (Å²) in [6.45, 7) is 5.98. The fourth-order valence-corrected chi connectivity index (χ4v) is 3.75. The Morgan fingerprint density at radius 2 is 1.58 bits per heavy atom. The molecule has 3 fully saturated rings. The first-order chi connectivity index (χ1) is 14.5. The second-order valence-electron chi connectivity index (χ2n) is 8.69. The van der Waals surface area contributed by atoms with E-state index in [1.165, 1.54) is 21.8 Å². The summed E-state index contributed by atoms with van der Waals surface area (Å²) in [5.41, 5.74) is -0.688. The molecule has 172 valence electrons. The molecule has 0 radical (unpaired) electrons. The van der Waals surface area contributed by atoms with Gasteiger partial charge in [0.05, 0.1) is 19.6 Å². The summed E-state index contributed by atoms with van der Waals surface area (Å²) in [6, 6.07) is -1.68. The summed E-state index contributed by atoms with van der Waals surface area (Å²) >= 11 is 0. The van der Waals surface area contributed by atoms with E-state index >= 15 is 0 Å². The van der Waals surface area contributed by atoms with Gasteiger partial charge in [0.25, 0.3) is 5.91 Å². The molecular formula is C19H28N4O8. The third-order valence-corrected chi connectivity index (χ3v) is 5.39. The maximum atomic E-state index is 12.7. The van der Waals surface area contributed by atoms with E-state index in [1.807, 2.05) is 0 Å². The normalized spacial score (nSPS) is 22.4. The fourth-order valence-electron chi connectivity index (χ4n) is 3.75. The molecule has 5 amide bonds. The Morgan fingerprint density at radius 3 is 2.16 bits per heavy atom. The monoisotopic (exact) mass is 440 g/mol. The summed E-state index contributed by atoms with van der Waals surface area (Å²) in [5, 5.41) is 0.456. The lowest BCUT2D eigenvalue weighted by atomic mass is 9.97. The van der Waals surface area contributed by atoms with Crippen LogP contribution in [0.15, 0.2) is 0 Å². The highest BCUT2D eigenvalue weighted by atomic mass is 16.7. The number of esters is 1. The van der Waals surface area contributed by atoms with Crippen LogP contribution in [0.5, 0.6) is 0 Å². The van der Waals surface area contributed by atoms with Crippen molar-refractivity contribution < 1.29 is 38.3 Å². The van der Waals surface area contributed by atoms with Crippen molar-refractivity contribution in [1.82, 2.24) is 19.8 Å². The van der Waals surface area contributed by atoms with Crippen molar-refractivity contribution >= 4 is 30.1 Å². The van der Waals surface area contributed by atoms with E-state index in [2.05, 4.69) is 0 Å². The predicted molar refractivity (Wildman–Crippen MR) is 103 cm³/mol. The molecule has 3 aliphatic heterocycles. The molecular weight excluding hydrogens is 412 g/mol. The van der Waals surface area contributed by atoms with Gasteiger partial charge in [0.2, 0.25) is 0 Å². The topological polar surface area (TPSA) is 126 Å². The number of carbonyl (C=O) groups excluding carboxylic acids is 5. The van der Waals surface area contributed by atoms with E-state index in [0.29, 0.717) is 17.9 Å². The lowest BCUT2D eigenvalue weighted by Crippen LogP contribution is -2.55. The van der Waals surface area contributed by atoms with Crippen LogP contribution in [0.4, 0.5) is 14.4 Å². The van der Waals surface area contributed by atoms with Gasteiger partial charge in [-0.05, 0) is 33.6 Å². The number of hydrogen-bond acceptors (Lipinski definition) is 8. The number of imide groups is 1. The average Bonchev–Trinajstić information content (AvgIpc) is 2.96. The zero-order valence-corrected chi connectivity index (χ0v) is 18.2. The van der Waals surface area contributed by atoms with Crippen molar-refractivity contribution in [2.24, 2.45) is 5.92 Å². The molecule has 1 unspecified atom stereocenters. The van der Waals surface area contributed by atoms with Crippen molar-refractivity contribution in [1.29, 1.82) is 0 Å². The van der Waals surface area contributed by atoms with E-state index in [0.717, 1.165) is 0 Å². The van der Waals surface area contributed by atoms with Gasteiger partial charge < -0.3 is 29.0 Å². The van der Waals surface area contributed by atoms with Gasteiger partial charge in [-0.1, -0.05) is 5.06 Å². The summed E-state index contributed by atoms with van der Waals surface area (Å²) in [7, 11) is 1.31. The smallest absolute Gasteiger partial charge is 0.434 e. The molecule has 3 rings (SSSR count). The Bertz CT molecular complexity index is 771. The van der Waals surface area contributed by atoms with E-state index in [9.17, 15) is 24.0 Å². The molecule has 12 heteroatoms. The van der Waals surface area contributed by atoms with Gasteiger partial charge in [-0.3, -0.25) is 9.59 Å². The van der Waals surface area contributed by atoms with Gasteiger partial charge in [0.1, 0.15) is 11.6 Å². The van der Waals surface area contributed by atoms with Gasteiger partial charge in [-0.2, -0.15) is 0 Å². The second-order valence-corrected chi connectivity index (χ2v) is 8.69. The predicted octanol–water partition coefficient (Wildman–Crippen LogP) is 0.807. The number of rotatable bonds is 2. The molecule has 0 bridgehead atoms. The number of likely N-dealkylation sites (tertiary alicyclic amines) is 1. The molecule has 0 N–H and O–H groups in total. The molecule has 0 aromatic heterocycles. The molecule has 12 nitrogen and oxygen atoms in total. The molecule has 31 heavy (non-hydrogen) atoms. The van der Waals surface area contributed by atoms with Crippen LogP contribution in [0.25, 0.3) is 0 Å². The SMILES string of the molecule is COC(=O)C1CCN(C(=O)ON2C(=O)C3CN(C(=O)OC(C)(C)C)CCN3C2=O)CC1. The maximum absolute atomic E-state index is 12.7. The summed E-state index contributed by atoms with van der Waals surface area (Å²) < 4.78 is 10.0. The van der Waals surface area contributed by atoms with Crippen molar-refractivity contribution in [3.05, 3.63) is 0 Å². The van der Waals surface area contributed by atoms with Crippen LogP contribution in [0.3, 0.4) is 0 Å². The molecule has 0 aliphatic carbocycles. The van der Waals surface area contributed by atoms with Crippen LogP contribution in [-0.4, -0.2) is 101 Å². The van der Waals surface area contributed by atoms with Crippen LogP contribution < -0.4 is 0 Å². The lowest BCUT2D eigenvalue weighted by Gasteiger charge is -2.35. The summed E-state index contributed by atoms with van der Waals surface area (Å²) in [5.74, 6) is -1.34. The van der Waals surface area contributed by atoms with Crippen molar-refractivity contribution in [2.45, 2.75) is 45.3 Å². The van der Waals surface area contributed by atoms with Gasteiger partial charge in [0, 0.05) is 26.2 Å². The van der Waals surface area contributed by atoms with Gasteiger partial charge in [0.15, 0.2) is 0 Å². The van der Waals surface area contributed by atoms with Crippen LogP contribution in [0, 0.1) is 5.92 Å².